The number of hydrogen-bond donors (Lipinski definition) is 0. The Balaban J connectivity index is 4.67. The molecule has 0 aromatic carbocycles. The van der Waals surface area contributed by atoms with Gasteiger partial charge in [0.2, 0.25) is 0 Å². The highest BCUT2D eigenvalue weighted by atomic mass is 16.6. The zero-order valence-corrected chi connectivity index (χ0v) is 43.8. The average molecular weight is 949 g/mol. The van der Waals surface area contributed by atoms with Crippen LogP contribution in [0.5, 0.6) is 0 Å². The number of hydrogen-bond acceptors (Lipinski definition) is 6. The van der Waals surface area contributed by atoms with E-state index in [0.29, 0.717) is 19.3 Å². The smallest absolute Gasteiger partial charge is 0.306 e. The zero-order chi connectivity index (χ0) is 50.0. The van der Waals surface area contributed by atoms with Gasteiger partial charge >= 0.3 is 17.9 Å². The van der Waals surface area contributed by atoms with Crippen LogP contribution in [0, 0.1) is 0 Å². The maximum atomic E-state index is 12.8. The van der Waals surface area contributed by atoms with Crippen molar-refractivity contribution in [1.82, 2.24) is 0 Å². The molecule has 0 aromatic heterocycles. The third kappa shape index (κ3) is 53.8. The van der Waals surface area contributed by atoms with E-state index in [1.807, 2.05) is 12.2 Å². The highest BCUT2D eigenvalue weighted by Gasteiger charge is 2.19. The number of carbonyl (C=O) groups is 3. The van der Waals surface area contributed by atoms with Crippen LogP contribution in [0.4, 0.5) is 0 Å². The van der Waals surface area contributed by atoms with E-state index in [1.165, 1.54) is 44.9 Å². The second kappa shape index (κ2) is 55.6. The van der Waals surface area contributed by atoms with Gasteiger partial charge in [-0.25, -0.2) is 0 Å². The minimum absolute atomic E-state index is 0.143. The summed E-state index contributed by atoms with van der Waals surface area (Å²) in [7, 11) is 0. The predicted molar refractivity (Wildman–Crippen MR) is 297 cm³/mol. The predicted octanol–water partition coefficient (Wildman–Crippen LogP) is 18.2. The zero-order valence-electron chi connectivity index (χ0n) is 43.8. The van der Waals surface area contributed by atoms with Crippen molar-refractivity contribution in [1.29, 1.82) is 0 Å². The summed E-state index contributed by atoms with van der Waals surface area (Å²) in [6.07, 6.45) is 80.9. The van der Waals surface area contributed by atoms with Gasteiger partial charge in [-0.05, 0) is 116 Å². The third-order valence-corrected chi connectivity index (χ3v) is 10.6. The molecule has 0 fully saturated rings. The molecule has 6 nitrogen and oxygen atoms in total. The first kappa shape index (κ1) is 64.0. The molecule has 69 heavy (non-hydrogen) atoms. The van der Waals surface area contributed by atoms with E-state index in [2.05, 4.69) is 167 Å². The molecule has 0 bridgehead atoms. The quantitative estimate of drug-likeness (QED) is 0.0199. The van der Waals surface area contributed by atoms with Crippen molar-refractivity contribution in [2.24, 2.45) is 0 Å². The second-order valence-corrected chi connectivity index (χ2v) is 17.1. The largest absolute Gasteiger partial charge is 0.462 e. The summed E-state index contributed by atoms with van der Waals surface area (Å²) >= 11 is 0. The molecule has 1 unspecified atom stereocenters. The number of rotatable bonds is 46. The Bertz CT molecular complexity index is 1610. The number of carbonyl (C=O) groups excluding carboxylic acids is 3. The van der Waals surface area contributed by atoms with Crippen molar-refractivity contribution in [3.8, 4) is 0 Å². The van der Waals surface area contributed by atoms with Gasteiger partial charge in [-0.1, -0.05) is 224 Å². The Morgan fingerprint density at radius 2 is 0.667 bits per heavy atom. The van der Waals surface area contributed by atoms with E-state index in [0.717, 1.165) is 103 Å². The standard InChI is InChI=1S/C63H96O6/c1-4-7-10-13-16-19-22-25-28-31-33-35-38-41-44-47-50-53-56-62(65)68-59-60(58-67-61(64)55-52-49-46-43-40-37-34-30-27-24-21-18-15-12-9-6-3)69-63(66)57-54-51-48-45-42-39-36-32-29-26-23-20-17-14-11-8-5-2/h9,12,16-22,25-31,33,35-37,39-40,45-46,48-49,60H,4-8,10-11,13-15,23-24,32,34,38,41-44,47,50-59H2,1-3H3/b12-9-,19-16-,20-17-,21-18-,25-22-,29-26-,30-27-,31-28-,35-33-,39-36-,40-37-,48-45-,49-46-. The highest BCUT2D eigenvalue weighted by Crippen LogP contribution is 2.11. The first-order chi connectivity index (χ1) is 34.0. The van der Waals surface area contributed by atoms with E-state index in [4.69, 9.17) is 14.2 Å². The van der Waals surface area contributed by atoms with Crippen LogP contribution in [0.15, 0.2) is 158 Å². The Morgan fingerprint density at radius 3 is 1.14 bits per heavy atom. The van der Waals surface area contributed by atoms with Crippen molar-refractivity contribution in [2.75, 3.05) is 13.2 Å². The van der Waals surface area contributed by atoms with Crippen molar-refractivity contribution in [2.45, 2.75) is 207 Å². The SMILES string of the molecule is CC/C=C\C/C=C\C/C=C\C/C=C\C/C=C\CCC(=O)OCC(COC(=O)CCCCCCC\C=C/C=C\C=C/C=C\CCCCC)OC(=O)CCC/C=C\C/C=C\C/C=C\C/C=C\CCCCC. The lowest BCUT2D eigenvalue weighted by Crippen LogP contribution is -2.30. The molecular weight excluding hydrogens is 853 g/mol. The Kier molecular flexibility index (Phi) is 51.6. The first-order valence-corrected chi connectivity index (χ1v) is 27.0. The van der Waals surface area contributed by atoms with Crippen molar-refractivity contribution in [3.05, 3.63) is 158 Å². The van der Waals surface area contributed by atoms with Crippen LogP contribution in [-0.2, 0) is 28.6 Å². The van der Waals surface area contributed by atoms with Gasteiger partial charge in [0.25, 0.3) is 0 Å². The molecule has 0 aliphatic heterocycles. The summed E-state index contributed by atoms with van der Waals surface area (Å²) in [5.74, 6) is -1.12. The van der Waals surface area contributed by atoms with Gasteiger partial charge in [0.05, 0.1) is 0 Å². The molecular formula is C63H96O6. The molecule has 0 spiro atoms. The molecule has 6 heteroatoms. The van der Waals surface area contributed by atoms with Gasteiger partial charge < -0.3 is 14.2 Å². The van der Waals surface area contributed by atoms with Crippen LogP contribution < -0.4 is 0 Å². The third-order valence-electron chi connectivity index (χ3n) is 10.6. The van der Waals surface area contributed by atoms with Gasteiger partial charge in [-0.15, -0.1) is 0 Å². The second-order valence-electron chi connectivity index (χ2n) is 17.1. The minimum atomic E-state index is -0.855. The fraction of sp³-hybridized carbons (Fsp3) is 0.540. The van der Waals surface area contributed by atoms with E-state index >= 15 is 0 Å². The summed E-state index contributed by atoms with van der Waals surface area (Å²) < 4.78 is 16.7. The van der Waals surface area contributed by atoms with Crippen molar-refractivity contribution in [3.63, 3.8) is 0 Å². The van der Waals surface area contributed by atoms with Crippen LogP contribution in [0.3, 0.4) is 0 Å². The van der Waals surface area contributed by atoms with Crippen LogP contribution in [-0.4, -0.2) is 37.2 Å². The monoisotopic (exact) mass is 949 g/mol. The summed E-state index contributed by atoms with van der Waals surface area (Å²) in [4.78, 5) is 38.0. The molecule has 1 atom stereocenters. The maximum Gasteiger partial charge on any atom is 0.306 e. The fourth-order valence-corrected chi connectivity index (χ4v) is 6.55. The Morgan fingerprint density at radius 1 is 0.319 bits per heavy atom. The topological polar surface area (TPSA) is 78.9 Å². The maximum absolute atomic E-state index is 12.8. The summed E-state index contributed by atoms with van der Waals surface area (Å²) in [5, 5.41) is 0. The molecule has 0 heterocycles. The lowest BCUT2D eigenvalue weighted by atomic mass is 10.1. The van der Waals surface area contributed by atoms with Gasteiger partial charge in [-0.3, -0.25) is 14.4 Å². The Labute approximate surface area is 422 Å². The molecule has 0 aliphatic rings. The van der Waals surface area contributed by atoms with E-state index in [-0.39, 0.29) is 38.0 Å². The number of allylic oxidation sites excluding steroid dienone is 26. The van der Waals surface area contributed by atoms with Crippen LogP contribution in [0.25, 0.3) is 0 Å². The lowest BCUT2D eigenvalue weighted by Gasteiger charge is -2.18. The summed E-state index contributed by atoms with van der Waals surface area (Å²) in [6, 6.07) is 0. The molecule has 0 rings (SSSR count). The Hall–Kier alpha value is -4.97. The van der Waals surface area contributed by atoms with Gasteiger partial charge in [0.15, 0.2) is 6.10 Å². The average Bonchev–Trinajstić information content (AvgIpc) is 3.35. The van der Waals surface area contributed by atoms with Crippen molar-refractivity contribution >= 4 is 17.9 Å². The highest BCUT2D eigenvalue weighted by molar-refractivity contribution is 5.71. The number of unbranched alkanes of at least 4 members (excludes halogenated alkanes) is 12. The fourth-order valence-electron chi connectivity index (χ4n) is 6.55. The molecule has 0 radical (unpaired) electrons. The normalized spacial score (nSPS) is 13.4. The lowest BCUT2D eigenvalue weighted by molar-refractivity contribution is -0.166. The van der Waals surface area contributed by atoms with E-state index < -0.39 is 12.1 Å². The van der Waals surface area contributed by atoms with Crippen LogP contribution in [0.1, 0.15) is 201 Å². The van der Waals surface area contributed by atoms with Gasteiger partial charge in [0, 0.05) is 19.3 Å². The van der Waals surface area contributed by atoms with Crippen molar-refractivity contribution < 1.29 is 28.6 Å². The molecule has 0 aromatic rings. The van der Waals surface area contributed by atoms with Gasteiger partial charge in [-0.2, -0.15) is 0 Å². The molecule has 0 amide bonds. The van der Waals surface area contributed by atoms with E-state index in [9.17, 15) is 14.4 Å². The number of esters is 3. The molecule has 0 N–H and O–H groups in total. The van der Waals surface area contributed by atoms with E-state index in [1.54, 1.807) is 0 Å². The molecule has 0 saturated carbocycles. The molecule has 0 saturated heterocycles. The van der Waals surface area contributed by atoms with Crippen LogP contribution >= 0.6 is 0 Å². The minimum Gasteiger partial charge on any atom is -0.462 e. The first-order valence-electron chi connectivity index (χ1n) is 27.0. The molecule has 0 aliphatic carbocycles. The van der Waals surface area contributed by atoms with Crippen LogP contribution in [0.2, 0.25) is 0 Å². The summed E-state index contributed by atoms with van der Waals surface area (Å²) in [6.45, 7) is 6.30. The molecule has 384 valence electrons. The number of ether oxygens (including phenoxy) is 3. The van der Waals surface area contributed by atoms with Gasteiger partial charge in [0.1, 0.15) is 13.2 Å². The summed E-state index contributed by atoms with van der Waals surface area (Å²) in [5.41, 5.74) is 0.